The Bertz CT molecular complexity index is 336. The van der Waals surface area contributed by atoms with E-state index < -0.39 is 0 Å². The third kappa shape index (κ3) is 4.45. The molecular weight excluding hydrogens is 202 g/mol. The lowest BCUT2D eigenvalue weighted by Gasteiger charge is -2.06. The molecule has 0 aliphatic carbocycles. The van der Waals surface area contributed by atoms with Gasteiger partial charge < -0.3 is 10.1 Å². The Balaban J connectivity index is 2.52. The molecule has 0 aliphatic heterocycles. The first-order valence-corrected chi connectivity index (χ1v) is 5.64. The summed E-state index contributed by atoms with van der Waals surface area (Å²) in [6.45, 7) is 2.64. The highest BCUT2D eigenvalue weighted by Crippen LogP contribution is 2.12. The van der Waals surface area contributed by atoms with E-state index in [-0.39, 0.29) is 5.91 Å². The van der Waals surface area contributed by atoms with E-state index in [0.717, 1.165) is 24.1 Å². The van der Waals surface area contributed by atoms with E-state index in [1.54, 1.807) is 7.11 Å². The van der Waals surface area contributed by atoms with Crippen LogP contribution in [0.2, 0.25) is 0 Å². The van der Waals surface area contributed by atoms with Crippen molar-refractivity contribution >= 4 is 11.6 Å². The van der Waals surface area contributed by atoms with Gasteiger partial charge in [0.05, 0.1) is 6.61 Å². The average Bonchev–Trinajstić information content (AvgIpc) is 2.27. The smallest absolute Gasteiger partial charge is 0.224 e. The molecule has 0 saturated carbocycles. The second kappa shape index (κ2) is 7.01. The first kappa shape index (κ1) is 12.7. The predicted molar refractivity (Wildman–Crippen MR) is 65.3 cm³/mol. The lowest BCUT2D eigenvalue weighted by molar-refractivity contribution is -0.116. The highest BCUT2D eigenvalue weighted by molar-refractivity contribution is 5.90. The van der Waals surface area contributed by atoms with Crippen molar-refractivity contribution in [2.24, 2.45) is 0 Å². The van der Waals surface area contributed by atoms with Gasteiger partial charge in [-0.15, -0.1) is 0 Å². The first-order chi connectivity index (χ1) is 7.76. The zero-order valence-corrected chi connectivity index (χ0v) is 9.95. The van der Waals surface area contributed by atoms with Crippen LogP contribution in [0.4, 0.5) is 5.69 Å². The van der Waals surface area contributed by atoms with Gasteiger partial charge in [0.2, 0.25) is 5.91 Å². The number of hydrogen-bond donors (Lipinski definition) is 1. The lowest BCUT2D eigenvalue weighted by Crippen LogP contribution is -2.11. The number of carbonyl (C=O) groups excluding carboxylic acids is 1. The SMILES string of the molecule is CCCCC(=O)Nc1cccc(COC)c1. The number of anilines is 1. The lowest BCUT2D eigenvalue weighted by atomic mass is 10.2. The Labute approximate surface area is 96.8 Å². The summed E-state index contributed by atoms with van der Waals surface area (Å²) in [4.78, 5) is 11.5. The average molecular weight is 221 g/mol. The molecule has 0 aliphatic rings. The molecule has 0 heterocycles. The molecule has 16 heavy (non-hydrogen) atoms. The van der Waals surface area contributed by atoms with Gasteiger partial charge >= 0.3 is 0 Å². The summed E-state index contributed by atoms with van der Waals surface area (Å²) < 4.78 is 5.04. The van der Waals surface area contributed by atoms with Crippen molar-refractivity contribution in [3.63, 3.8) is 0 Å². The number of methoxy groups -OCH3 is 1. The Morgan fingerprint density at radius 3 is 2.94 bits per heavy atom. The van der Waals surface area contributed by atoms with E-state index in [2.05, 4.69) is 12.2 Å². The topological polar surface area (TPSA) is 38.3 Å². The van der Waals surface area contributed by atoms with E-state index in [4.69, 9.17) is 4.74 Å². The molecular formula is C13H19NO2. The van der Waals surface area contributed by atoms with Gasteiger partial charge in [0.1, 0.15) is 0 Å². The van der Waals surface area contributed by atoms with Gasteiger partial charge in [-0.05, 0) is 24.1 Å². The van der Waals surface area contributed by atoms with Crippen LogP contribution in [-0.2, 0) is 16.1 Å². The summed E-state index contributed by atoms with van der Waals surface area (Å²) in [7, 11) is 1.66. The molecule has 0 aromatic heterocycles. The molecule has 1 aromatic carbocycles. The fourth-order valence-electron chi connectivity index (χ4n) is 1.47. The normalized spacial score (nSPS) is 10.1. The van der Waals surface area contributed by atoms with Crippen LogP contribution >= 0.6 is 0 Å². The van der Waals surface area contributed by atoms with Gasteiger partial charge in [0.15, 0.2) is 0 Å². The fraction of sp³-hybridized carbons (Fsp3) is 0.462. The van der Waals surface area contributed by atoms with E-state index >= 15 is 0 Å². The molecule has 3 heteroatoms. The van der Waals surface area contributed by atoms with E-state index in [9.17, 15) is 4.79 Å². The molecule has 1 amide bonds. The van der Waals surface area contributed by atoms with E-state index in [1.807, 2.05) is 24.3 Å². The summed E-state index contributed by atoms with van der Waals surface area (Å²) in [5.74, 6) is 0.0800. The summed E-state index contributed by atoms with van der Waals surface area (Å²) >= 11 is 0. The molecule has 1 rings (SSSR count). The van der Waals surface area contributed by atoms with Crippen LogP contribution in [0.3, 0.4) is 0 Å². The van der Waals surface area contributed by atoms with Crippen molar-refractivity contribution in [3.8, 4) is 0 Å². The molecule has 0 atom stereocenters. The first-order valence-electron chi connectivity index (χ1n) is 5.64. The van der Waals surface area contributed by atoms with Gasteiger partial charge in [0, 0.05) is 19.2 Å². The van der Waals surface area contributed by atoms with E-state index in [0.29, 0.717) is 13.0 Å². The highest BCUT2D eigenvalue weighted by Gasteiger charge is 2.01. The Morgan fingerprint density at radius 2 is 2.25 bits per heavy atom. The Morgan fingerprint density at radius 1 is 1.44 bits per heavy atom. The Kier molecular flexibility index (Phi) is 5.57. The van der Waals surface area contributed by atoms with Gasteiger partial charge in [-0.2, -0.15) is 0 Å². The Hall–Kier alpha value is -1.35. The second-order valence-corrected chi connectivity index (χ2v) is 3.79. The molecule has 3 nitrogen and oxygen atoms in total. The standard InChI is InChI=1S/C13H19NO2/c1-3-4-8-13(15)14-12-7-5-6-11(9-12)10-16-2/h5-7,9H,3-4,8,10H2,1-2H3,(H,14,15). The monoisotopic (exact) mass is 221 g/mol. The van der Waals surface area contributed by atoms with Crippen molar-refractivity contribution in [2.45, 2.75) is 32.8 Å². The molecule has 0 fully saturated rings. The minimum Gasteiger partial charge on any atom is -0.380 e. The number of ether oxygens (including phenoxy) is 1. The third-order valence-corrected chi connectivity index (χ3v) is 2.28. The number of hydrogen-bond acceptors (Lipinski definition) is 2. The largest absolute Gasteiger partial charge is 0.380 e. The zero-order chi connectivity index (χ0) is 11.8. The van der Waals surface area contributed by atoms with Crippen molar-refractivity contribution in [1.29, 1.82) is 0 Å². The molecule has 1 aromatic rings. The third-order valence-electron chi connectivity index (χ3n) is 2.28. The predicted octanol–water partition coefficient (Wildman–Crippen LogP) is 2.96. The highest BCUT2D eigenvalue weighted by atomic mass is 16.5. The number of unbranched alkanes of at least 4 members (excludes halogenated alkanes) is 1. The molecule has 1 N–H and O–H groups in total. The number of benzene rings is 1. The van der Waals surface area contributed by atoms with Crippen LogP contribution < -0.4 is 5.32 Å². The maximum absolute atomic E-state index is 11.5. The summed E-state index contributed by atoms with van der Waals surface area (Å²) in [5.41, 5.74) is 1.91. The van der Waals surface area contributed by atoms with Crippen LogP contribution in [0, 0.1) is 0 Å². The van der Waals surface area contributed by atoms with Crippen molar-refractivity contribution < 1.29 is 9.53 Å². The number of amides is 1. The summed E-state index contributed by atoms with van der Waals surface area (Å²) in [6, 6.07) is 7.73. The van der Waals surface area contributed by atoms with Crippen LogP contribution in [0.1, 0.15) is 31.7 Å². The minimum absolute atomic E-state index is 0.0800. The molecule has 0 spiro atoms. The quantitative estimate of drug-likeness (QED) is 0.802. The molecule has 0 bridgehead atoms. The van der Waals surface area contributed by atoms with Gasteiger partial charge in [0.25, 0.3) is 0 Å². The summed E-state index contributed by atoms with van der Waals surface area (Å²) in [6.07, 6.45) is 2.56. The van der Waals surface area contributed by atoms with Crippen molar-refractivity contribution in [3.05, 3.63) is 29.8 Å². The summed E-state index contributed by atoms with van der Waals surface area (Å²) in [5, 5.41) is 2.88. The zero-order valence-electron chi connectivity index (χ0n) is 9.95. The van der Waals surface area contributed by atoms with Gasteiger partial charge in [-0.25, -0.2) is 0 Å². The minimum atomic E-state index is 0.0800. The van der Waals surface area contributed by atoms with Crippen LogP contribution in [0.15, 0.2) is 24.3 Å². The van der Waals surface area contributed by atoms with Gasteiger partial charge in [-0.3, -0.25) is 4.79 Å². The van der Waals surface area contributed by atoms with Crippen molar-refractivity contribution in [2.75, 3.05) is 12.4 Å². The fourth-order valence-corrected chi connectivity index (χ4v) is 1.47. The number of nitrogens with one attached hydrogen (secondary N) is 1. The number of rotatable bonds is 6. The van der Waals surface area contributed by atoms with Crippen LogP contribution in [0.25, 0.3) is 0 Å². The van der Waals surface area contributed by atoms with Crippen LogP contribution in [-0.4, -0.2) is 13.0 Å². The molecule has 88 valence electrons. The van der Waals surface area contributed by atoms with Crippen molar-refractivity contribution in [1.82, 2.24) is 0 Å². The number of carbonyl (C=O) groups is 1. The van der Waals surface area contributed by atoms with Crippen LogP contribution in [0.5, 0.6) is 0 Å². The van der Waals surface area contributed by atoms with E-state index in [1.165, 1.54) is 0 Å². The molecule has 0 radical (unpaired) electrons. The van der Waals surface area contributed by atoms with Gasteiger partial charge in [-0.1, -0.05) is 25.5 Å². The molecule has 0 saturated heterocycles. The molecule has 0 unspecified atom stereocenters. The maximum Gasteiger partial charge on any atom is 0.224 e. The second-order valence-electron chi connectivity index (χ2n) is 3.79. The maximum atomic E-state index is 11.5.